The number of nitrogens with one attached hydrogen (secondary N) is 5. The van der Waals surface area contributed by atoms with E-state index >= 15 is 0 Å². The van der Waals surface area contributed by atoms with Crippen molar-refractivity contribution in [2.45, 2.75) is 55.1 Å². The van der Waals surface area contributed by atoms with Gasteiger partial charge in [-0.3, -0.25) is 24.5 Å². The van der Waals surface area contributed by atoms with Gasteiger partial charge in [0.25, 0.3) is 11.8 Å². The number of pyridine rings is 2. The Morgan fingerprint density at radius 1 is 0.963 bits per heavy atom. The number of benzene rings is 1. The van der Waals surface area contributed by atoms with Gasteiger partial charge in [-0.15, -0.1) is 0 Å². The number of aromatic nitrogens is 2. The fourth-order valence-electron chi connectivity index (χ4n) is 6.86. The first kappa shape index (κ1) is 37.7. The van der Waals surface area contributed by atoms with Crippen molar-refractivity contribution >= 4 is 62.5 Å². The minimum absolute atomic E-state index is 0.0709. The van der Waals surface area contributed by atoms with Gasteiger partial charge < -0.3 is 31.1 Å². The van der Waals surface area contributed by atoms with Crippen molar-refractivity contribution in [3.63, 3.8) is 0 Å². The van der Waals surface area contributed by atoms with E-state index in [2.05, 4.69) is 36.6 Å². The molecule has 2 fully saturated rings. The van der Waals surface area contributed by atoms with Crippen molar-refractivity contribution in [2.24, 2.45) is 0 Å². The van der Waals surface area contributed by atoms with Gasteiger partial charge in [0.05, 0.1) is 39.5 Å². The molecule has 3 atom stereocenters. The highest BCUT2D eigenvalue weighted by atomic mass is 32.2. The third-order valence-corrected chi connectivity index (χ3v) is 10.7. The molecular formula is C37H41N9O7S. The van der Waals surface area contributed by atoms with E-state index in [0.29, 0.717) is 54.4 Å². The number of rotatable bonds is 13. The lowest BCUT2D eigenvalue weighted by molar-refractivity contribution is -0.136. The van der Waals surface area contributed by atoms with Crippen molar-refractivity contribution < 1.29 is 32.4 Å². The molecule has 282 valence electrons. The largest absolute Gasteiger partial charge is 0.355 e. The molecule has 2 aliphatic heterocycles. The Labute approximate surface area is 312 Å². The Morgan fingerprint density at radius 2 is 1.74 bits per heavy atom. The van der Waals surface area contributed by atoms with E-state index in [9.17, 15) is 32.4 Å². The van der Waals surface area contributed by atoms with Gasteiger partial charge in [0.2, 0.25) is 11.8 Å². The quantitative estimate of drug-likeness (QED) is 0.126. The summed E-state index contributed by atoms with van der Waals surface area (Å²) in [4.78, 5) is 74.9. The second kappa shape index (κ2) is 15.9. The number of carbonyl (C=O) groups is 5. The Hall–Kier alpha value is -6.10. The number of hydrogen-bond donors (Lipinski definition) is 5. The number of allylic oxidation sites excluding steroid dienone is 2. The number of imide groups is 1. The monoisotopic (exact) mass is 755 g/mol. The normalized spacial score (nSPS) is 19.5. The van der Waals surface area contributed by atoms with Crippen LogP contribution in [0, 0.1) is 0 Å². The van der Waals surface area contributed by atoms with Crippen LogP contribution in [0.3, 0.4) is 0 Å². The van der Waals surface area contributed by atoms with Crippen LogP contribution in [0.4, 0.5) is 27.8 Å². The highest BCUT2D eigenvalue weighted by Crippen LogP contribution is 2.36. The summed E-state index contributed by atoms with van der Waals surface area (Å²) in [6.45, 7) is 0.424. The maximum Gasteiger partial charge on any atom is 0.321 e. The molecule has 0 saturated carbocycles. The number of hydrogen-bond acceptors (Lipinski definition) is 11. The number of carbonyl (C=O) groups excluding carboxylic acids is 5. The maximum atomic E-state index is 13.2. The average Bonchev–Trinajstić information content (AvgIpc) is 3.40. The van der Waals surface area contributed by atoms with Crippen LogP contribution in [0.2, 0.25) is 0 Å². The van der Waals surface area contributed by atoms with Crippen molar-refractivity contribution in [1.82, 2.24) is 35.7 Å². The zero-order valence-electron chi connectivity index (χ0n) is 30.0. The van der Waals surface area contributed by atoms with Crippen LogP contribution in [-0.4, -0.2) is 103 Å². The number of urea groups is 1. The van der Waals surface area contributed by atoms with Gasteiger partial charge >= 0.3 is 6.03 Å². The standard InChI is InChI=1S/C37H41N9O7S/c1-38-35(49)24-21-41-31(19-26(24)42-25-11-4-5-13-29(25)54(3,52)53)43-30-16-14-23(20-40-30)34(48)39-18-7-6-9-22-10-8-12-27-33(22)45(2)37(51)46(27)28-15-17-32(47)44-36(28)50/h4-5,8,10-14,16,19-21,27-28,33H,6-7,9,15,17-18H2,1-3H3,(H,38,49)(H,39,48)(H,44,47,50)(H2,40,41,42,43). The maximum absolute atomic E-state index is 13.2. The van der Waals surface area contributed by atoms with Crippen molar-refractivity contribution in [3.8, 4) is 0 Å². The van der Waals surface area contributed by atoms with Gasteiger partial charge in [-0.25, -0.2) is 23.2 Å². The second-order valence-corrected chi connectivity index (χ2v) is 15.2. The number of anilines is 4. The average molecular weight is 756 g/mol. The van der Waals surface area contributed by atoms with Crippen molar-refractivity contribution in [1.29, 1.82) is 0 Å². The minimum atomic E-state index is -3.56. The molecule has 3 aromatic rings. The van der Waals surface area contributed by atoms with Gasteiger partial charge in [0.15, 0.2) is 9.84 Å². The van der Waals surface area contributed by atoms with Crippen molar-refractivity contribution in [2.75, 3.05) is 37.5 Å². The Bertz CT molecular complexity index is 2150. The third-order valence-electron chi connectivity index (χ3n) is 9.52. The van der Waals surface area contributed by atoms with Gasteiger partial charge in [-0.2, -0.15) is 0 Å². The molecule has 6 rings (SSSR count). The topological polar surface area (TPSA) is 212 Å². The summed E-state index contributed by atoms with van der Waals surface area (Å²) in [5.74, 6) is -0.784. The lowest BCUT2D eigenvalue weighted by atomic mass is 9.89. The highest BCUT2D eigenvalue weighted by Gasteiger charge is 2.50. The zero-order valence-corrected chi connectivity index (χ0v) is 30.8. The number of sulfone groups is 1. The SMILES string of the molecule is CNC(=O)c1cnc(Nc2ccc(C(=O)NCCCCC3=CC=CC4C3N(C)C(=O)N4C3CCC(=O)NC3=O)cn2)cc1Nc1ccccc1S(C)(=O)=O. The minimum Gasteiger partial charge on any atom is -0.355 e. The van der Waals surface area contributed by atoms with Crippen LogP contribution in [0.25, 0.3) is 0 Å². The van der Waals surface area contributed by atoms with Crippen LogP contribution in [-0.2, 0) is 19.4 Å². The van der Waals surface area contributed by atoms with E-state index in [0.717, 1.165) is 18.2 Å². The summed E-state index contributed by atoms with van der Waals surface area (Å²) in [6.07, 6.45) is 12.3. The molecular weight excluding hydrogens is 715 g/mol. The first-order chi connectivity index (χ1) is 25.8. The molecule has 0 radical (unpaired) electrons. The van der Waals surface area contributed by atoms with Crippen LogP contribution >= 0.6 is 0 Å². The second-order valence-electron chi connectivity index (χ2n) is 13.2. The first-order valence-corrected chi connectivity index (χ1v) is 19.3. The van der Waals surface area contributed by atoms with E-state index in [4.69, 9.17) is 0 Å². The van der Waals surface area contributed by atoms with Crippen LogP contribution in [0.1, 0.15) is 52.8 Å². The fraction of sp³-hybridized carbons (Fsp3) is 0.324. The Morgan fingerprint density at radius 3 is 2.46 bits per heavy atom. The molecule has 54 heavy (non-hydrogen) atoms. The first-order valence-electron chi connectivity index (χ1n) is 17.4. The Balaban J connectivity index is 1.01. The predicted octanol–water partition coefficient (Wildman–Crippen LogP) is 3.03. The smallest absolute Gasteiger partial charge is 0.321 e. The van der Waals surface area contributed by atoms with Gasteiger partial charge in [0.1, 0.15) is 17.7 Å². The van der Waals surface area contributed by atoms with E-state index in [1.165, 1.54) is 25.5 Å². The molecule has 4 heterocycles. The molecule has 3 unspecified atom stereocenters. The summed E-state index contributed by atoms with van der Waals surface area (Å²) >= 11 is 0. The van der Waals surface area contributed by atoms with Crippen LogP contribution in [0.15, 0.2) is 83.6 Å². The van der Waals surface area contributed by atoms with Crippen molar-refractivity contribution in [3.05, 3.63) is 89.8 Å². The number of para-hydroxylation sites is 1. The number of likely N-dealkylation sites (N-methyl/N-ethyl adjacent to an activating group) is 1. The van der Waals surface area contributed by atoms with Crippen LogP contribution < -0.4 is 26.6 Å². The molecule has 17 heteroatoms. The predicted molar refractivity (Wildman–Crippen MR) is 200 cm³/mol. The molecule has 5 N–H and O–H groups in total. The van der Waals surface area contributed by atoms with E-state index in [1.807, 2.05) is 18.2 Å². The fourth-order valence-corrected chi connectivity index (χ4v) is 7.70. The van der Waals surface area contributed by atoms with Gasteiger partial charge in [-0.1, -0.05) is 30.4 Å². The molecule has 0 bridgehead atoms. The molecule has 0 spiro atoms. The Kier molecular flexibility index (Phi) is 11.1. The zero-order chi connectivity index (χ0) is 38.6. The summed E-state index contributed by atoms with van der Waals surface area (Å²) < 4.78 is 24.7. The third kappa shape index (κ3) is 8.10. The summed E-state index contributed by atoms with van der Waals surface area (Å²) in [7, 11) is -0.356. The molecule has 2 saturated heterocycles. The summed E-state index contributed by atoms with van der Waals surface area (Å²) in [6, 6.07) is 9.69. The van der Waals surface area contributed by atoms with E-state index < -0.39 is 27.7 Å². The number of fused-ring (bicyclic) bond motifs is 1. The van der Waals surface area contributed by atoms with E-state index in [-0.39, 0.29) is 46.8 Å². The van der Waals surface area contributed by atoms with E-state index in [1.54, 1.807) is 53.2 Å². The van der Waals surface area contributed by atoms with Gasteiger partial charge in [0, 0.05) is 51.8 Å². The molecule has 1 aromatic carbocycles. The van der Waals surface area contributed by atoms with Gasteiger partial charge in [-0.05, 0) is 55.5 Å². The molecule has 16 nitrogen and oxygen atoms in total. The number of nitrogens with zero attached hydrogens (tertiary/aromatic N) is 4. The molecule has 6 amide bonds. The summed E-state index contributed by atoms with van der Waals surface area (Å²) in [5, 5.41) is 13.9. The molecule has 2 aromatic heterocycles. The highest BCUT2D eigenvalue weighted by molar-refractivity contribution is 7.90. The number of amides is 6. The lowest BCUT2D eigenvalue weighted by Crippen LogP contribution is -2.55. The van der Waals surface area contributed by atoms with Crippen LogP contribution in [0.5, 0.6) is 0 Å². The lowest BCUT2D eigenvalue weighted by Gasteiger charge is -2.34. The number of unbranched alkanes of at least 4 members (excludes halogenated alkanes) is 1. The molecule has 3 aliphatic rings. The number of piperidine rings is 1. The summed E-state index contributed by atoms with van der Waals surface area (Å²) in [5.41, 5.74) is 2.22. The molecule has 1 aliphatic carbocycles.